The van der Waals surface area contributed by atoms with Crippen LogP contribution in [0.4, 0.5) is 0 Å². The first-order chi connectivity index (χ1) is 9.90. The number of nitrogens with zero attached hydrogens (tertiary/aromatic N) is 3. The van der Waals surface area contributed by atoms with Gasteiger partial charge in [0.2, 0.25) is 0 Å². The highest BCUT2D eigenvalue weighted by Crippen LogP contribution is 2.37. The highest BCUT2D eigenvalue weighted by atomic mass is 16.3. The first kappa shape index (κ1) is 16.5. The maximum Gasteiger partial charge on any atom is 0.0644 e. The number of likely N-dealkylation sites (tertiary alicyclic amines) is 1. The molecule has 4 heteroatoms. The van der Waals surface area contributed by atoms with Crippen LogP contribution in [-0.2, 0) is 13.1 Å². The zero-order valence-electron chi connectivity index (χ0n) is 14.3. The molecule has 2 rings (SSSR count). The predicted molar refractivity (Wildman–Crippen MR) is 86.3 cm³/mol. The molecule has 1 aliphatic rings. The van der Waals surface area contributed by atoms with E-state index >= 15 is 0 Å². The minimum absolute atomic E-state index is 0.149. The van der Waals surface area contributed by atoms with Crippen molar-refractivity contribution in [2.45, 2.75) is 73.0 Å². The van der Waals surface area contributed by atoms with Crippen LogP contribution in [0.1, 0.15) is 57.0 Å². The number of hydrogen-bond acceptors (Lipinski definition) is 3. The van der Waals surface area contributed by atoms with Crippen LogP contribution in [0.15, 0.2) is 0 Å². The molecule has 1 atom stereocenters. The van der Waals surface area contributed by atoms with Crippen LogP contribution in [0.3, 0.4) is 0 Å². The van der Waals surface area contributed by atoms with Gasteiger partial charge in [-0.3, -0.25) is 9.58 Å². The van der Waals surface area contributed by atoms with Crippen molar-refractivity contribution in [2.24, 2.45) is 5.41 Å². The van der Waals surface area contributed by atoms with E-state index in [1.165, 1.54) is 37.1 Å². The molecule has 0 saturated carbocycles. The number of hydrogen-bond donors (Lipinski definition) is 1. The summed E-state index contributed by atoms with van der Waals surface area (Å²) in [7, 11) is 0. The van der Waals surface area contributed by atoms with Gasteiger partial charge in [0.25, 0.3) is 0 Å². The van der Waals surface area contributed by atoms with Gasteiger partial charge in [-0.2, -0.15) is 5.10 Å². The van der Waals surface area contributed by atoms with Crippen molar-refractivity contribution in [1.82, 2.24) is 14.7 Å². The van der Waals surface area contributed by atoms with Crippen LogP contribution < -0.4 is 0 Å². The van der Waals surface area contributed by atoms with Gasteiger partial charge in [-0.25, -0.2) is 0 Å². The molecule has 0 aliphatic carbocycles. The Bertz CT molecular complexity index is 479. The van der Waals surface area contributed by atoms with E-state index in [1.54, 1.807) is 0 Å². The predicted octanol–water partition coefficient (Wildman–Crippen LogP) is 2.89. The highest BCUT2D eigenvalue weighted by molar-refractivity contribution is 5.24. The Kier molecular flexibility index (Phi) is 5.10. The largest absolute Gasteiger partial charge is 0.394 e. The van der Waals surface area contributed by atoms with Gasteiger partial charge in [0, 0.05) is 23.8 Å². The van der Waals surface area contributed by atoms with Crippen LogP contribution in [0, 0.1) is 19.3 Å². The summed E-state index contributed by atoms with van der Waals surface area (Å²) >= 11 is 0. The first-order valence-electron chi connectivity index (χ1n) is 8.28. The molecule has 1 saturated heterocycles. The Morgan fingerprint density at radius 1 is 1.33 bits per heavy atom. The molecule has 0 bridgehead atoms. The summed E-state index contributed by atoms with van der Waals surface area (Å²) in [5, 5.41) is 13.7. The van der Waals surface area contributed by atoms with E-state index < -0.39 is 0 Å². The minimum atomic E-state index is 0.149. The van der Waals surface area contributed by atoms with E-state index in [1.807, 2.05) is 4.68 Å². The Hall–Kier alpha value is -0.870. The maximum absolute atomic E-state index is 9.14. The van der Waals surface area contributed by atoms with E-state index in [0.29, 0.717) is 18.0 Å². The monoisotopic (exact) mass is 293 g/mol. The van der Waals surface area contributed by atoms with Crippen LogP contribution in [0.2, 0.25) is 0 Å². The molecular formula is C17H31N3O. The third-order valence-electron chi connectivity index (χ3n) is 5.38. The number of aliphatic hydroxyl groups excluding tert-OH is 1. The summed E-state index contributed by atoms with van der Waals surface area (Å²) < 4.78 is 1.95. The lowest BCUT2D eigenvalue weighted by Crippen LogP contribution is -2.40. The Morgan fingerprint density at radius 2 is 2.05 bits per heavy atom. The topological polar surface area (TPSA) is 41.3 Å². The molecule has 2 heterocycles. The van der Waals surface area contributed by atoms with Gasteiger partial charge < -0.3 is 5.11 Å². The van der Waals surface area contributed by atoms with Crippen LogP contribution in [-0.4, -0.2) is 39.0 Å². The van der Waals surface area contributed by atoms with Crippen LogP contribution in [0.25, 0.3) is 0 Å². The summed E-state index contributed by atoms with van der Waals surface area (Å²) in [6.45, 7) is 14.2. The van der Waals surface area contributed by atoms with Crippen molar-refractivity contribution < 1.29 is 5.11 Å². The van der Waals surface area contributed by atoms with E-state index in [4.69, 9.17) is 5.11 Å². The lowest BCUT2D eigenvalue weighted by Gasteiger charge is -2.37. The summed E-state index contributed by atoms with van der Waals surface area (Å²) in [5.74, 6) is 0. The molecule has 0 spiro atoms. The van der Waals surface area contributed by atoms with Gasteiger partial charge in [-0.15, -0.1) is 0 Å². The summed E-state index contributed by atoms with van der Waals surface area (Å²) in [4.78, 5) is 2.64. The van der Waals surface area contributed by atoms with Gasteiger partial charge in [0.05, 0.1) is 18.8 Å². The molecule has 1 aliphatic heterocycles. The lowest BCUT2D eigenvalue weighted by atomic mass is 9.80. The molecule has 1 fully saturated rings. The number of aromatic nitrogens is 2. The second kappa shape index (κ2) is 6.49. The van der Waals surface area contributed by atoms with Crippen LogP contribution in [0.5, 0.6) is 0 Å². The maximum atomic E-state index is 9.14. The standard InChI is InChI=1S/C17H31N3O/c1-6-17(4,5)16-8-7-9-19(16)12-15-13(2)18-20(10-11-21)14(15)3/h16,21H,6-12H2,1-5H3. The molecule has 21 heavy (non-hydrogen) atoms. The first-order valence-corrected chi connectivity index (χ1v) is 8.28. The van der Waals surface area contributed by atoms with Gasteiger partial charge in [-0.05, 0) is 45.1 Å². The normalized spacial score (nSPS) is 20.4. The third-order valence-corrected chi connectivity index (χ3v) is 5.38. The van der Waals surface area contributed by atoms with E-state index in [9.17, 15) is 0 Å². The summed E-state index contributed by atoms with van der Waals surface area (Å²) in [6.07, 6.45) is 3.83. The minimum Gasteiger partial charge on any atom is -0.394 e. The molecule has 0 radical (unpaired) electrons. The van der Waals surface area contributed by atoms with Crippen molar-refractivity contribution in [3.63, 3.8) is 0 Å². The zero-order chi connectivity index (χ0) is 15.6. The van der Waals surface area contributed by atoms with Gasteiger partial charge >= 0.3 is 0 Å². The molecule has 1 aromatic heterocycles. The Balaban J connectivity index is 2.18. The highest BCUT2D eigenvalue weighted by Gasteiger charge is 2.36. The number of aryl methyl sites for hydroxylation is 1. The molecule has 1 N–H and O–H groups in total. The molecular weight excluding hydrogens is 262 g/mol. The summed E-state index contributed by atoms with van der Waals surface area (Å²) in [6, 6.07) is 0.669. The second-order valence-electron chi connectivity index (χ2n) is 7.07. The van der Waals surface area contributed by atoms with Gasteiger partial charge in [-0.1, -0.05) is 20.8 Å². The summed E-state index contributed by atoms with van der Waals surface area (Å²) in [5.41, 5.74) is 4.05. The third kappa shape index (κ3) is 3.32. The van der Waals surface area contributed by atoms with Gasteiger partial charge in [0.1, 0.15) is 0 Å². The smallest absolute Gasteiger partial charge is 0.0644 e. The fourth-order valence-corrected chi connectivity index (χ4v) is 3.61. The SMILES string of the molecule is CCC(C)(C)C1CCCN1Cc1c(C)nn(CCO)c1C. The fraction of sp³-hybridized carbons (Fsp3) is 0.824. The molecule has 120 valence electrons. The number of rotatable bonds is 6. The Morgan fingerprint density at radius 3 is 2.67 bits per heavy atom. The van der Waals surface area contributed by atoms with Crippen molar-refractivity contribution in [2.75, 3.05) is 13.2 Å². The van der Waals surface area contributed by atoms with E-state index in [-0.39, 0.29) is 6.61 Å². The molecule has 1 aromatic rings. The van der Waals surface area contributed by atoms with Crippen LogP contribution >= 0.6 is 0 Å². The van der Waals surface area contributed by atoms with E-state index in [2.05, 4.69) is 44.6 Å². The average Bonchev–Trinajstić information content (AvgIpc) is 3.01. The van der Waals surface area contributed by atoms with Crippen molar-refractivity contribution in [3.8, 4) is 0 Å². The molecule has 1 unspecified atom stereocenters. The Labute approximate surface area is 129 Å². The van der Waals surface area contributed by atoms with Crippen molar-refractivity contribution in [3.05, 3.63) is 17.0 Å². The number of aliphatic hydroxyl groups is 1. The van der Waals surface area contributed by atoms with E-state index in [0.717, 1.165) is 12.2 Å². The lowest BCUT2D eigenvalue weighted by molar-refractivity contribution is 0.115. The fourth-order valence-electron chi connectivity index (χ4n) is 3.61. The zero-order valence-corrected chi connectivity index (χ0v) is 14.3. The molecule has 4 nitrogen and oxygen atoms in total. The van der Waals surface area contributed by atoms with Crippen molar-refractivity contribution >= 4 is 0 Å². The quantitative estimate of drug-likeness (QED) is 0.877. The molecule has 0 aromatic carbocycles. The second-order valence-corrected chi connectivity index (χ2v) is 7.07. The average molecular weight is 293 g/mol. The van der Waals surface area contributed by atoms with Crippen molar-refractivity contribution in [1.29, 1.82) is 0 Å². The van der Waals surface area contributed by atoms with Gasteiger partial charge in [0.15, 0.2) is 0 Å². The molecule has 0 amide bonds.